The maximum Gasteiger partial charge on any atom is 0.153 e. The summed E-state index contributed by atoms with van der Waals surface area (Å²) in [5, 5.41) is 8.59. The van der Waals surface area contributed by atoms with Gasteiger partial charge < -0.3 is 9.84 Å². The van der Waals surface area contributed by atoms with Gasteiger partial charge in [-0.05, 0) is 31.9 Å². The highest BCUT2D eigenvalue weighted by Gasteiger charge is 2.02. The molecule has 0 aliphatic rings. The summed E-state index contributed by atoms with van der Waals surface area (Å²) < 4.78 is 5.44. The molecule has 0 aliphatic heterocycles. The van der Waals surface area contributed by atoms with Crippen LogP contribution >= 0.6 is 0 Å². The normalized spacial score (nSPS) is 10.0. The van der Waals surface area contributed by atoms with Crippen LogP contribution in [0.4, 0.5) is 0 Å². The van der Waals surface area contributed by atoms with Gasteiger partial charge in [0.25, 0.3) is 0 Å². The standard InChI is InChI=1S/C12H16O3/c1-10-4-5-12(11(8-10)9-14)15-7-3-2-6-13/h4-5,8-9,13H,2-3,6-7H2,1H3. The molecule has 0 atom stereocenters. The van der Waals surface area contributed by atoms with Gasteiger partial charge in [0, 0.05) is 6.61 Å². The summed E-state index contributed by atoms with van der Waals surface area (Å²) in [6, 6.07) is 5.51. The molecule has 0 fully saturated rings. The first-order valence-electron chi connectivity index (χ1n) is 5.07. The van der Waals surface area contributed by atoms with Crippen molar-refractivity contribution in [2.75, 3.05) is 13.2 Å². The molecule has 3 nitrogen and oxygen atoms in total. The molecule has 0 heterocycles. The SMILES string of the molecule is Cc1ccc(OCCCCO)c(C=O)c1. The van der Waals surface area contributed by atoms with Crippen LogP contribution in [-0.2, 0) is 0 Å². The number of hydrogen-bond donors (Lipinski definition) is 1. The Hall–Kier alpha value is -1.35. The second-order valence-corrected chi connectivity index (χ2v) is 3.44. The Labute approximate surface area is 89.7 Å². The monoisotopic (exact) mass is 208 g/mol. The van der Waals surface area contributed by atoms with Crippen LogP contribution in [0.2, 0.25) is 0 Å². The van der Waals surface area contributed by atoms with Gasteiger partial charge in [-0.15, -0.1) is 0 Å². The zero-order chi connectivity index (χ0) is 11.1. The highest BCUT2D eigenvalue weighted by atomic mass is 16.5. The predicted octanol–water partition coefficient (Wildman–Crippen LogP) is 1.96. The van der Waals surface area contributed by atoms with Crippen molar-refractivity contribution in [3.63, 3.8) is 0 Å². The average Bonchev–Trinajstić information content (AvgIpc) is 2.26. The zero-order valence-electron chi connectivity index (χ0n) is 8.90. The molecule has 0 aliphatic carbocycles. The number of carbonyl (C=O) groups excluding carboxylic acids is 1. The van der Waals surface area contributed by atoms with Crippen LogP contribution in [0.3, 0.4) is 0 Å². The van der Waals surface area contributed by atoms with Crippen molar-refractivity contribution < 1.29 is 14.6 Å². The minimum absolute atomic E-state index is 0.178. The summed E-state index contributed by atoms with van der Waals surface area (Å²) in [7, 11) is 0. The number of hydrogen-bond acceptors (Lipinski definition) is 3. The number of aliphatic hydroxyl groups is 1. The zero-order valence-corrected chi connectivity index (χ0v) is 8.90. The summed E-state index contributed by atoms with van der Waals surface area (Å²) in [6.45, 7) is 2.64. The van der Waals surface area contributed by atoms with Gasteiger partial charge >= 0.3 is 0 Å². The molecule has 0 spiro atoms. The number of unbranched alkanes of at least 4 members (excludes halogenated alkanes) is 1. The number of rotatable bonds is 6. The van der Waals surface area contributed by atoms with E-state index in [2.05, 4.69) is 0 Å². The van der Waals surface area contributed by atoms with Crippen molar-refractivity contribution in [1.29, 1.82) is 0 Å². The summed E-state index contributed by atoms with van der Waals surface area (Å²) in [5.74, 6) is 0.619. The lowest BCUT2D eigenvalue weighted by Gasteiger charge is -2.08. The van der Waals surface area contributed by atoms with Crippen LogP contribution < -0.4 is 4.74 Å². The first kappa shape index (κ1) is 11.7. The number of aliphatic hydroxyl groups excluding tert-OH is 1. The lowest BCUT2D eigenvalue weighted by Crippen LogP contribution is -2.01. The second kappa shape index (κ2) is 6.19. The van der Waals surface area contributed by atoms with E-state index in [1.165, 1.54) is 0 Å². The number of carbonyl (C=O) groups is 1. The van der Waals surface area contributed by atoms with E-state index in [-0.39, 0.29) is 6.61 Å². The van der Waals surface area contributed by atoms with Crippen molar-refractivity contribution >= 4 is 6.29 Å². The van der Waals surface area contributed by atoms with Gasteiger partial charge in [-0.3, -0.25) is 4.79 Å². The van der Waals surface area contributed by atoms with Gasteiger partial charge in [-0.25, -0.2) is 0 Å². The Balaban J connectivity index is 2.56. The van der Waals surface area contributed by atoms with E-state index in [1.807, 2.05) is 13.0 Å². The van der Waals surface area contributed by atoms with Gasteiger partial charge in [-0.1, -0.05) is 11.6 Å². The van der Waals surface area contributed by atoms with Crippen LogP contribution in [-0.4, -0.2) is 24.6 Å². The molecule has 82 valence electrons. The van der Waals surface area contributed by atoms with Crippen LogP contribution in [0.1, 0.15) is 28.8 Å². The molecule has 1 aromatic rings. The minimum atomic E-state index is 0.178. The van der Waals surface area contributed by atoms with E-state index >= 15 is 0 Å². The maximum absolute atomic E-state index is 10.7. The third-order valence-corrected chi connectivity index (χ3v) is 2.10. The largest absolute Gasteiger partial charge is 0.493 e. The Morgan fingerprint density at radius 3 is 2.87 bits per heavy atom. The fraction of sp³-hybridized carbons (Fsp3) is 0.417. The Kier molecular flexibility index (Phi) is 4.84. The lowest BCUT2D eigenvalue weighted by atomic mass is 10.1. The van der Waals surface area contributed by atoms with Gasteiger partial charge in [-0.2, -0.15) is 0 Å². The molecule has 0 amide bonds. The summed E-state index contributed by atoms with van der Waals surface area (Å²) in [4.78, 5) is 10.7. The van der Waals surface area contributed by atoms with Crippen molar-refractivity contribution in [2.45, 2.75) is 19.8 Å². The van der Waals surface area contributed by atoms with E-state index in [4.69, 9.17) is 9.84 Å². The predicted molar refractivity (Wildman–Crippen MR) is 58.4 cm³/mol. The molecule has 0 radical (unpaired) electrons. The van der Waals surface area contributed by atoms with Crippen LogP contribution in [0, 0.1) is 6.92 Å². The summed E-state index contributed by atoms with van der Waals surface area (Å²) in [6.07, 6.45) is 2.32. The fourth-order valence-corrected chi connectivity index (χ4v) is 1.29. The van der Waals surface area contributed by atoms with Crippen LogP contribution in [0.25, 0.3) is 0 Å². The second-order valence-electron chi connectivity index (χ2n) is 3.44. The molecule has 0 saturated heterocycles. The van der Waals surface area contributed by atoms with E-state index in [1.54, 1.807) is 12.1 Å². The first-order valence-corrected chi connectivity index (χ1v) is 5.07. The average molecular weight is 208 g/mol. The maximum atomic E-state index is 10.7. The van der Waals surface area contributed by atoms with Gasteiger partial charge in [0.05, 0.1) is 12.2 Å². The third kappa shape index (κ3) is 3.72. The molecule has 0 unspecified atom stereocenters. The summed E-state index contributed by atoms with van der Waals surface area (Å²) >= 11 is 0. The molecular formula is C12H16O3. The van der Waals surface area contributed by atoms with Crippen molar-refractivity contribution in [1.82, 2.24) is 0 Å². The Bertz CT molecular complexity index is 321. The highest BCUT2D eigenvalue weighted by Crippen LogP contribution is 2.18. The fourth-order valence-electron chi connectivity index (χ4n) is 1.29. The lowest BCUT2D eigenvalue weighted by molar-refractivity contribution is 0.111. The number of aldehydes is 1. The van der Waals surface area contributed by atoms with E-state index in [0.29, 0.717) is 17.9 Å². The number of ether oxygens (including phenoxy) is 1. The molecule has 1 aromatic carbocycles. The van der Waals surface area contributed by atoms with Crippen molar-refractivity contribution in [2.24, 2.45) is 0 Å². The molecule has 3 heteroatoms. The van der Waals surface area contributed by atoms with E-state index in [9.17, 15) is 4.79 Å². The third-order valence-electron chi connectivity index (χ3n) is 2.10. The van der Waals surface area contributed by atoms with Gasteiger partial charge in [0.1, 0.15) is 5.75 Å². The quantitative estimate of drug-likeness (QED) is 0.574. The summed E-state index contributed by atoms with van der Waals surface area (Å²) in [5.41, 5.74) is 1.62. The molecule has 0 aromatic heterocycles. The molecule has 15 heavy (non-hydrogen) atoms. The van der Waals surface area contributed by atoms with Crippen LogP contribution in [0.15, 0.2) is 18.2 Å². The molecule has 1 rings (SSSR count). The topological polar surface area (TPSA) is 46.5 Å². The number of benzene rings is 1. The molecule has 0 bridgehead atoms. The van der Waals surface area contributed by atoms with E-state index in [0.717, 1.165) is 24.7 Å². The number of aryl methyl sites for hydroxylation is 1. The smallest absolute Gasteiger partial charge is 0.153 e. The molecule has 0 saturated carbocycles. The Morgan fingerprint density at radius 2 is 2.20 bits per heavy atom. The molecular weight excluding hydrogens is 192 g/mol. The van der Waals surface area contributed by atoms with Crippen molar-refractivity contribution in [3.8, 4) is 5.75 Å². The van der Waals surface area contributed by atoms with Crippen LogP contribution in [0.5, 0.6) is 5.75 Å². The van der Waals surface area contributed by atoms with E-state index < -0.39 is 0 Å². The highest BCUT2D eigenvalue weighted by molar-refractivity contribution is 5.79. The van der Waals surface area contributed by atoms with Gasteiger partial charge in [0.2, 0.25) is 0 Å². The Morgan fingerprint density at radius 1 is 1.40 bits per heavy atom. The van der Waals surface area contributed by atoms with Gasteiger partial charge in [0.15, 0.2) is 6.29 Å². The molecule has 1 N–H and O–H groups in total. The first-order chi connectivity index (χ1) is 7.27. The van der Waals surface area contributed by atoms with Crippen molar-refractivity contribution in [3.05, 3.63) is 29.3 Å². The minimum Gasteiger partial charge on any atom is -0.493 e.